The smallest absolute Gasteiger partial charge is 0.295 e. The number of fused-ring (bicyclic) bond motifs is 2. The molecular weight excluding hydrogens is 400 g/mol. The van der Waals surface area contributed by atoms with Crippen LogP contribution >= 0.6 is 15.9 Å². The maximum absolute atomic E-state index is 12.3. The van der Waals surface area contributed by atoms with E-state index in [2.05, 4.69) is 36.1 Å². The van der Waals surface area contributed by atoms with Gasteiger partial charge in [-0.3, -0.25) is 4.79 Å². The first-order valence-electron chi connectivity index (χ1n) is 7.91. The highest BCUT2D eigenvalue weighted by atomic mass is 79.9. The number of carbonyl (C=O) groups is 1. The maximum atomic E-state index is 12.3. The highest BCUT2D eigenvalue weighted by Crippen LogP contribution is 2.36. The zero-order valence-corrected chi connectivity index (χ0v) is 15.2. The number of nitrogens with zero attached hydrogens (tertiary/aromatic N) is 3. The van der Waals surface area contributed by atoms with Crippen molar-refractivity contribution in [1.29, 1.82) is 0 Å². The molecule has 1 amide bonds. The molecule has 0 aliphatic heterocycles. The number of amides is 1. The predicted octanol–water partition coefficient (Wildman–Crippen LogP) is 5.26. The van der Waals surface area contributed by atoms with Gasteiger partial charge in [-0.2, -0.15) is 0 Å². The van der Waals surface area contributed by atoms with Crippen LogP contribution in [0.5, 0.6) is 5.88 Å². The van der Waals surface area contributed by atoms with Gasteiger partial charge in [-0.25, -0.2) is 4.98 Å². The second-order valence-electron chi connectivity index (χ2n) is 5.66. The molecule has 0 atom stereocenters. The Bertz CT molecular complexity index is 1180. The van der Waals surface area contributed by atoms with Gasteiger partial charge in [0.1, 0.15) is 5.52 Å². The number of benzene rings is 2. The minimum atomic E-state index is -0.529. The van der Waals surface area contributed by atoms with Gasteiger partial charge in [0.15, 0.2) is 17.2 Å². The van der Waals surface area contributed by atoms with E-state index >= 15 is 0 Å². The molecule has 2 aromatic carbocycles. The van der Waals surface area contributed by atoms with Crippen molar-refractivity contribution >= 4 is 49.5 Å². The molecule has 0 radical (unpaired) electrons. The van der Waals surface area contributed by atoms with E-state index in [-0.39, 0.29) is 11.6 Å². The van der Waals surface area contributed by atoms with Crippen LogP contribution in [0.1, 0.15) is 23.2 Å². The van der Waals surface area contributed by atoms with Crippen LogP contribution in [0.15, 0.2) is 55.5 Å². The highest BCUT2D eigenvalue weighted by molar-refractivity contribution is 9.10. The average molecular weight is 413 g/mol. The lowest BCUT2D eigenvalue weighted by molar-refractivity contribution is 0.0995. The third kappa shape index (κ3) is 2.88. The molecule has 0 fully saturated rings. The van der Waals surface area contributed by atoms with E-state index in [1.54, 1.807) is 30.3 Å². The summed E-state index contributed by atoms with van der Waals surface area (Å²) in [4.78, 5) is 19.5. The van der Waals surface area contributed by atoms with E-state index in [9.17, 15) is 9.90 Å². The summed E-state index contributed by atoms with van der Waals surface area (Å²) in [6.07, 6.45) is 0.674. The minimum absolute atomic E-state index is 0.144. The number of aromatic nitrogens is 2. The molecule has 0 spiro atoms. The summed E-state index contributed by atoms with van der Waals surface area (Å²) in [5.74, 6) is -0.0610. The van der Waals surface area contributed by atoms with Crippen molar-refractivity contribution in [2.45, 2.75) is 13.3 Å². The molecule has 26 heavy (non-hydrogen) atoms. The zero-order valence-electron chi connectivity index (χ0n) is 13.7. The first-order chi connectivity index (χ1) is 12.5. The third-order valence-electron chi connectivity index (χ3n) is 3.94. The Kier molecular flexibility index (Phi) is 4.04. The molecule has 0 aliphatic carbocycles. The molecule has 0 aliphatic rings. The standard InChI is InChI=1S/C18H13BrN4O3/c1-2-15-20-13-7-9(3-6-14(13)26-15)17(24)23-22-16-11-5-4-10(19)8-12(11)21-18(16)25/h3-8,21,25H,2H2,1H3. The molecule has 0 unspecified atom stereocenters. The van der Waals surface area contributed by atoms with Crippen LogP contribution in [0.3, 0.4) is 0 Å². The maximum Gasteiger partial charge on any atom is 0.295 e. The van der Waals surface area contributed by atoms with Crippen LogP contribution in [-0.4, -0.2) is 21.0 Å². The van der Waals surface area contributed by atoms with Crippen LogP contribution < -0.4 is 0 Å². The summed E-state index contributed by atoms with van der Waals surface area (Å²) in [7, 11) is 0. The summed E-state index contributed by atoms with van der Waals surface area (Å²) >= 11 is 3.36. The van der Waals surface area contributed by atoms with Crippen LogP contribution in [0.2, 0.25) is 0 Å². The summed E-state index contributed by atoms with van der Waals surface area (Å²) in [5, 5.41) is 18.4. The lowest BCUT2D eigenvalue weighted by Gasteiger charge is -1.95. The van der Waals surface area contributed by atoms with Gasteiger partial charge in [-0.05, 0) is 36.4 Å². The first-order valence-corrected chi connectivity index (χ1v) is 8.70. The molecule has 0 bridgehead atoms. The molecule has 0 saturated carbocycles. The summed E-state index contributed by atoms with van der Waals surface area (Å²) in [6, 6.07) is 10.3. The van der Waals surface area contributed by atoms with Crippen LogP contribution in [0, 0.1) is 0 Å². The lowest BCUT2D eigenvalue weighted by Crippen LogP contribution is -1.93. The highest BCUT2D eigenvalue weighted by Gasteiger charge is 2.13. The van der Waals surface area contributed by atoms with Crippen LogP contribution in [0.4, 0.5) is 5.69 Å². The normalized spacial score (nSPS) is 11.8. The van der Waals surface area contributed by atoms with Gasteiger partial charge in [-0.15, -0.1) is 10.2 Å². The SMILES string of the molecule is CCc1nc2cc(C(=O)N=Nc3c(O)[nH]c4cc(Br)ccc34)ccc2o1. The fraction of sp³-hybridized carbons (Fsp3) is 0.111. The number of hydrogen-bond donors (Lipinski definition) is 2. The molecule has 4 rings (SSSR count). The number of H-pyrrole nitrogens is 1. The molecule has 8 heteroatoms. The van der Waals surface area contributed by atoms with E-state index in [1.165, 1.54) is 0 Å². The largest absolute Gasteiger partial charge is 0.493 e. The van der Waals surface area contributed by atoms with Gasteiger partial charge in [-0.1, -0.05) is 22.9 Å². The zero-order chi connectivity index (χ0) is 18.3. The summed E-state index contributed by atoms with van der Waals surface area (Å²) < 4.78 is 6.39. The van der Waals surface area contributed by atoms with Gasteiger partial charge in [0.2, 0.25) is 5.88 Å². The Morgan fingerprint density at radius 3 is 2.96 bits per heavy atom. The van der Waals surface area contributed by atoms with Gasteiger partial charge in [0, 0.05) is 21.8 Å². The number of hydrogen-bond acceptors (Lipinski definition) is 5. The van der Waals surface area contributed by atoms with Crippen molar-refractivity contribution in [2.75, 3.05) is 0 Å². The van der Waals surface area contributed by atoms with Gasteiger partial charge < -0.3 is 14.5 Å². The van der Waals surface area contributed by atoms with Crippen molar-refractivity contribution in [1.82, 2.24) is 9.97 Å². The van der Waals surface area contributed by atoms with E-state index in [0.717, 1.165) is 4.47 Å². The Morgan fingerprint density at radius 1 is 1.31 bits per heavy atom. The number of aryl methyl sites for hydroxylation is 1. The van der Waals surface area contributed by atoms with E-state index in [4.69, 9.17) is 4.42 Å². The fourth-order valence-corrected chi connectivity index (χ4v) is 3.02. The monoisotopic (exact) mass is 412 g/mol. The predicted molar refractivity (Wildman–Crippen MR) is 99.9 cm³/mol. The molecule has 7 nitrogen and oxygen atoms in total. The van der Waals surface area contributed by atoms with Crippen molar-refractivity contribution in [3.8, 4) is 5.88 Å². The summed E-state index contributed by atoms with van der Waals surface area (Å²) in [5.41, 5.74) is 2.48. The number of aromatic amines is 1. The number of halogens is 1. The minimum Gasteiger partial charge on any atom is -0.493 e. The van der Waals surface area contributed by atoms with Gasteiger partial charge in [0.25, 0.3) is 5.91 Å². The van der Waals surface area contributed by atoms with Gasteiger partial charge in [0.05, 0.1) is 5.52 Å². The molecule has 2 heterocycles. The fourth-order valence-electron chi connectivity index (χ4n) is 2.65. The van der Waals surface area contributed by atoms with Crippen molar-refractivity contribution < 1.29 is 14.3 Å². The molecule has 130 valence electrons. The Hall–Kier alpha value is -3.00. The molecule has 0 saturated heterocycles. The number of aromatic hydroxyl groups is 1. The number of oxazole rings is 1. The number of azo groups is 1. The lowest BCUT2D eigenvalue weighted by atomic mass is 10.2. The average Bonchev–Trinajstić information content (AvgIpc) is 3.18. The third-order valence-corrected chi connectivity index (χ3v) is 4.43. The van der Waals surface area contributed by atoms with Gasteiger partial charge >= 0.3 is 0 Å². The Balaban J connectivity index is 1.66. The number of rotatable bonds is 3. The molecule has 2 N–H and O–H groups in total. The number of carbonyl (C=O) groups excluding carboxylic acids is 1. The molecule has 2 aromatic heterocycles. The number of nitrogens with one attached hydrogen (secondary N) is 1. The van der Waals surface area contributed by atoms with Crippen LogP contribution in [0.25, 0.3) is 22.0 Å². The van der Waals surface area contributed by atoms with Crippen molar-refractivity contribution in [3.63, 3.8) is 0 Å². The first kappa shape index (κ1) is 16.5. The van der Waals surface area contributed by atoms with E-state index < -0.39 is 5.91 Å². The Labute approximate surface area is 155 Å². The van der Waals surface area contributed by atoms with E-state index in [1.807, 2.05) is 13.0 Å². The topological polar surface area (TPSA) is 104 Å². The summed E-state index contributed by atoms with van der Waals surface area (Å²) in [6.45, 7) is 1.94. The second-order valence-corrected chi connectivity index (χ2v) is 6.58. The molecule has 4 aromatic rings. The van der Waals surface area contributed by atoms with Crippen LogP contribution in [-0.2, 0) is 6.42 Å². The van der Waals surface area contributed by atoms with E-state index in [0.29, 0.717) is 39.9 Å². The van der Waals surface area contributed by atoms with Crippen molar-refractivity contribution in [2.24, 2.45) is 10.2 Å². The quantitative estimate of drug-likeness (QED) is 0.447. The van der Waals surface area contributed by atoms with Crippen molar-refractivity contribution in [3.05, 3.63) is 52.3 Å². The Morgan fingerprint density at radius 2 is 2.15 bits per heavy atom. The second kappa shape index (κ2) is 6.38. The molecular formula is C18H13BrN4O3.